The Balaban J connectivity index is 1.47. The summed E-state index contributed by atoms with van der Waals surface area (Å²) in [6, 6.07) is 7.17. The molecular formula is C22H22ClF2N5O. The number of benzene rings is 1. The monoisotopic (exact) mass is 445 g/mol. The summed E-state index contributed by atoms with van der Waals surface area (Å²) in [5, 5.41) is 4.04. The number of hydrogen-bond acceptors (Lipinski definition) is 5. The molecule has 0 aliphatic carbocycles. The summed E-state index contributed by atoms with van der Waals surface area (Å²) in [6.07, 6.45) is 6.87. The van der Waals surface area contributed by atoms with Crippen LogP contribution in [0.2, 0.25) is 5.02 Å². The molecule has 1 aliphatic heterocycles. The van der Waals surface area contributed by atoms with Gasteiger partial charge in [-0.25, -0.2) is 8.78 Å². The molecule has 1 fully saturated rings. The number of hydrogen-bond donors (Lipinski definition) is 0. The Morgan fingerprint density at radius 2 is 1.87 bits per heavy atom. The van der Waals surface area contributed by atoms with E-state index in [0.29, 0.717) is 11.8 Å². The summed E-state index contributed by atoms with van der Waals surface area (Å²) < 4.78 is 28.1. The summed E-state index contributed by atoms with van der Waals surface area (Å²) in [6.45, 7) is 2.71. The molecule has 0 N–H and O–H groups in total. The van der Waals surface area contributed by atoms with Crippen LogP contribution in [0.25, 0.3) is 5.69 Å². The van der Waals surface area contributed by atoms with Gasteiger partial charge in [0.2, 0.25) is 0 Å². The number of rotatable bonds is 5. The third-order valence-electron chi connectivity index (χ3n) is 5.68. The van der Waals surface area contributed by atoms with Crippen LogP contribution < -0.4 is 10.5 Å². The number of likely N-dealkylation sites (tertiary alicyclic amines) is 1. The van der Waals surface area contributed by atoms with Gasteiger partial charge in [-0.1, -0.05) is 11.6 Å². The molecule has 0 saturated carbocycles. The van der Waals surface area contributed by atoms with Gasteiger partial charge in [0.15, 0.2) is 5.82 Å². The summed E-state index contributed by atoms with van der Waals surface area (Å²) in [4.78, 5) is 21.1. The van der Waals surface area contributed by atoms with Crippen molar-refractivity contribution in [1.29, 1.82) is 0 Å². The molecule has 0 spiro atoms. The third kappa shape index (κ3) is 4.60. The standard InChI is InChI=1S/C22H22ClF2N5O/c1-28(17-6-10-29(11-7-17)14-15-4-8-26-9-5-15)20-13-27-30(22(31)21(20)23)19-3-2-16(24)12-18(19)25/h2-5,8-9,12-13,17H,6-7,10-11,14H2,1H3. The molecule has 162 valence electrons. The lowest BCUT2D eigenvalue weighted by atomic mass is 10.0. The van der Waals surface area contributed by atoms with Crippen molar-refractivity contribution >= 4 is 17.3 Å². The van der Waals surface area contributed by atoms with Gasteiger partial charge in [-0.15, -0.1) is 0 Å². The first-order valence-corrected chi connectivity index (χ1v) is 10.4. The molecule has 0 amide bonds. The molecule has 6 nitrogen and oxygen atoms in total. The summed E-state index contributed by atoms with van der Waals surface area (Å²) in [7, 11) is 1.88. The lowest BCUT2D eigenvalue weighted by molar-refractivity contribution is 0.203. The molecule has 3 aromatic rings. The minimum atomic E-state index is -0.881. The Labute approximate surface area is 183 Å². The van der Waals surface area contributed by atoms with Crippen LogP contribution in [0.15, 0.2) is 53.7 Å². The molecule has 1 aromatic carbocycles. The zero-order valence-electron chi connectivity index (χ0n) is 17.0. The molecule has 2 aromatic heterocycles. The lowest BCUT2D eigenvalue weighted by Crippen LogP contribution is -2.43. The zero-order chi connectivity index (χ0) is 22.0. The van der Waals surface area contributed by atoms with E-state index in [1.807, 2.05) is 24.1 Å². The lowest BCUT2D eigenvalue weighted by Gasteiger charge is -2.38. The molecule has 0 unspecified atom stereocenters. The van der Waals surface area contributed by atoms with Crippen molar-refractivity contribution in [3.63, 3.8) is 0 Å². The van der Waals surface area contributed by atoms with Gasteiger partial charge in [0, 0.05) is 51.2 Å². The maximum atomic E-state index is 14.1. The van der Waals surface area contributed by atoms with Crippen molar-refractivity contribution in [2.45, 2.75) is 25.4 Å². The Morgan fingerprint density at radius 1 is 1.16 bits per heavy atom. The molecule has 31 heavy (non-hydrogen) atoms. The van der Waals surface area contributed by atoms with Crippen LogP contribution >= 0.6 is 11.6 Å². The molecular weight excluding hydrogens is 424 g/mol. The van der Waals surface area contributed by atoms with E-state index in [1.54, 1.807) is 12.4 Å². The Bertz CT molecular complexity index is 1120. The minimum Gasteiger partial charge on any atom is -0.369 e. The van der Waals surface area contributed by atoms with Crippen molar-refractivity contribution in [3.05, 3.63) is 81.5 Å². The molecule has 3 heterocycles. The number of pyridine rings is 1. The summed E-state index contributed by atoms with van der Waals surface area (Å²) >= 11 is 6.35. The van der Waals surface area contributed by atoms with E-state index in [0.717, 1.165) is 49.3 Å². The van der Waals surface area contributed by atoms with Gasteiger partial charge in [-0.3, -0.25) is 14.7 Å². The molecule has 0 atom stereocenters. The molecule has 9 heteroatoms. The first-order chi connectivity index (χ1) is 14.9. The fourth-order valence-electron chi connectivity index (χ4n) is 3.90. The smallest absolute Gasteiger partial charge is 0.292 e. The SMILES string of the molecule is CN(c1cnn(-c2ccc(F)cc2F)c(=O)c1Cl)C1CCN(Cc2ccncc2)CC1. The highest BCUT2D eigenvalue weighted by molar-refractivity contribution is 6.33. The van der Waals surface area contributed by atoms with Crippen LogP contribution in [0, 0.1) is 11.6 Å². The van der Waals surface area contributed by atoms with Crippen molar-refractivity contribution in [3.8, 4) is 5.69 Å². The van der Waals surface area contributed by atoms with E-state index >= 15 is 0 Å². The summed E-state index contributed by atoms with van der Waals surface area (Å²) in [5.74, 6) is -1.61. The van der Waals surface area contributed by atoms with Crippen LogP contribution in [0.3, 0.4) is 0 Å². The number of halogens is 3. The maximum absolute atomic E-state index is 14.1. The van der Waals surface area contributed by atoms with E-state index in [9.17, 15) is 13.6 Å². The van der Waals surface area contributed by atoms with E-state index in [2.05, 4.69) is 15.0 Å². The fourth-order valence-corrected chi connectivity index (χ4v) is 4.16. The van der Waals surface area contributed by atoms with Crippen molar-refractivity contribution in [2.24, 2.45) is 0 Å². The van der Waals surface area contributed by atoms with Crippen LogP contribution in [-0.2, 0) is 6.54 Å². The largest absolute Gasteiger partial charge is 0.369 e. The summed E-state index contributed by atoms with van der Waals surface area (Å²) in [5.41, 5.74) is 0.933. The van der Waals surface area contributed by atoms with Crippen molar-refractivity contribution in [2.75, 3.05) is 25.0 Å². The number of anilines is 1. The van der Waals surface area contributed by atoms with Crippen LogP contribution in [0.1, 0.15) is 18.4 Å². The van der Waals surface area contributed by atoms with Gasteiger partial charge in [0.05, 0.1) is 11.9 Å². The first-order valence-electron chi connectivity index (χ1n) is 10.0. The van der Waals surface area contributed by atoms with Gasteiger partial charge in [0.25, 0.3) is 5.56 Å². The van der Waals surface area contributed by atoms with Crippen LogP contribution in [0.5, 0.6) is 0 Å². The molecule has 0 radical (unpaired) electrons. The second kappa shape index (κ2) is 9.11. The topological polar surface area (TPSA) is 54.3 Å². The quantitative estimate of drug-likeness (QED) is 0.600. The van der Waals surface area contributed by atoms with E-state index in [1.165, 1.54) is 11.8 Å². The average molecular weight is 446 g/mol. The van der Waals surface area contributed by atoms with Crippen LogP contribution in [0.4, 0.5) is 14.5 Å². The van der Waals surface area contributed by atoms with Gasteiger partial charge in [-0.05, 0) is 42.7 Å². The number of nitrogens with zero attached hydrogens (tertiary/aromatic N) is 5. The molecule has 1 saturated heterocycles. The Morgan fingerprint density at radius 3 is 2.55 bits per heavy atom. The van der Waals surface area contributed by atoms with Gasteiger partial charge in [0.1, 0.15) is 16.5 Å². The zero-order valence-corrected chi connectivity index (χ0v) is 17.8. The predicted molar refractivity (Wildman–Crippen MR) is 116 cm³/mol. The second-order valence-electron chi connectivity index (χ2n) is 7.63. The van der Waals surface area contributed by atoms with E-state index < -0.39 is 17.2 Å². The molecule has 1 aliphatic rings. The second-order valence-corrected chi connectivity index (χ2v) is 8.01. The fraction of sp³-hybridized carbons (Fsp3) is 0.318. The van der Waals surface area contributed by atoms with E-state index in [-0.39, 0.29) is 16.8 Å². The first kappa shape index (κ1) is 21.4. The Hall–Kier alpha value is -2.84. The Kier molecular flexibility index (Phi) is 6.29. The van der Waals surface area contributed by atoms with Gasteiger partial charge >= 0.3 is 0 Å². The predicted octanol–water partition coefficient (Wildman–Crippen LogP) is 3.66. The number of aromatic nitrogens is 3. The van der Waals surface area contributed by atoms with E-state index in [4.69, 9.17) is 11.6 Å². The van der Waals surface area contributed by atoms with Crippen LogP contribution in [-0.4, -0.2) is 45.8 Å². The highest BCUT2D eigenvalue weighted by Gasteiger charge is 2.25. The highest BCUT2D eigenvalue weighted by atomic mass is 35.5. The van der Waals surface area contributed by atoms with Gasteiger partial charge < -0.3 is 4.90 Å². The van der Waals surface area contributed by atoms with Crippen molar-refractivity contribution < 1.29 is 8.78 Å². The molecule has 0 bridgehead atoms. The average Bonchev–Trinajstić information content (AvgIpc) is 2.77. The highest BCUT2D eigenvalue weighted by Crippen LogP contribution is 2.27. The van der Waals surface area contributed by atoms with Gasteiger partial charge in [-0.2, -0.15) is 9.78 Å². The molecule has 4 rings (SSSR count). The number of piperidine rings is 1. The van der Waals surface area contributed by atoms with Crippen molar-refractivity contribution in [1.82, 2.24) is 19.7 Å². The minimum absolute atomic E-state index is 0.0413. The third-order valence-corrected chi connectivity index (χ3v) is 6.03. The maximum Gasteiger partial charge on any atom is 0.292 e. The normalized spacial score (nSPS) is 15.2.